The zero-order chi connectivity index (χ0) is 11.1. The second-order valence-corrected chi connectivity index (χ2v) is 4.11. The summed E-state index contributed by atoms with van der Waals surface area (Å²) in [5, 5.41) is 1.04. The van der Waals surface area contributed by atoms with Crippen LogP contribution in [0.5, 0.6) is 11.5 Å². The van der Waals surface area contributed by atoms with Crippen LogP contribution in [0, 0.1) is 0 Å². The first-order chi connectivity index (χ1) is 7.77. The zero-order valence-electron chi connectivity index (χ0n) is 9.23. The maximum absolute atomic E-state index is 5.43. The van der Waals surface area contributed by atoms with Gasteiger partial charge in [0.1, 0.15) is 11.8 Å². The summed E-state index contributed by atoms with van der Waals surface area (Å²) in [5.74, 6) is 1.87. The van der Waals surface area contributed by atoms with Gasteiger partial charge in [-0.2, -0.15) is 0 Å². The molecule has 2 heterocycles. The van der Waals surface area contributed by atoms with Crippen molar-refractivity contribution in [2.24, 2.45) is 0 Å². The summed E-state index contributed by atoms with van der Waals surface area (Å²) in [6.45, 7) is 4.51. The summed E-state index contributed by atoms with van der Waals surface area (Å²) < 4.78 is 10.8. The average molecular weight is 216 g/mol. The lowest BCUT2D eigenvalue weighted by atomic mass is 10.0. The van der Waals surface area contributed by atoms with Gasteiger partial charge in [-0.3, -0.25) is 0 Å². The Kier molecular flexibility index (Phi) is 1.96. The second kappa shape index (κ2) is 3.33. The van der Waals surface area contributed by atoms with Crippen LogP contribution in [0.25, 0.3) is 10.9 Å². The minimum atomic E-state index is 0.273. The first-order valence-electron chi connectivity index (χ1n) is 5.30. The van der Waals surface area contributed by atoms with Gasteiger partial charge in [-0.15, -0.1) is 0 Å². The van der Waals surface area contributed by atoms with Crippen molar-refractivity contribution in [3.63, 3.8) is 0 Å². The summed E-state index contributed by atoms with van der Waals surface area (Å²) >= 11 is 0. The van der Waals surface area contributed by atoms with Gasteiger partial charge in [0, 0.05) is 5.39 Å². The smallest absolute Gasteiger partial charge is 0.231 e. The molecule has 0 unspecified atom stereocenters. The molecule has 4 heteroatoms. The van der Waals surface area contributed by atoms with E-state index in [9.17, 15) is 0 Å². The Balaban J connectivity index is 2.35. The second-order valence-electron chi connectivity index (χ2n) is 4.11. The number of aromatic nitrogens is 2. The lowest BCUT2D eigenvalue weighted by molar-refractivity contribution is 0.174. The van der Waals surface area contributed by atoms with Crippen LogP contribution in [0.3, 0.4) is 0 Å². The summed E-state index contributed by atoms with van der Waals surface area (Å²) in [5.41, 5.74) is 1.89. The van der Waals surface area contributed by atoms with Gasteiger partial charge in [0.25, 0.3) is 0 Å². The normalized spacial score (nSPS) is 13.7. The van der Waals surface area contributed by atoms with E-state index >= 15 is 0 Å². The van der Waals surface area contributed by atoms with E-state index in [4.69, 9.17) is 9.47 Å². The summed E-state index contributed by atoms with van der Waals surface area (Å²) in [6.07, 6.45) is 1.58. The molecule has 0 bridgehead atoms. The van der Waals surface area contributed by atoms with Crippen molar-refractivity contribution in [1.29, 1.82) is 0 Å². The maximum atomic E-state index is 5.43. The molecule has 2 aromatic rings. The molecule has 4 nitrogen and oxygen atoms in total. The van der Waals surface area contributed by atoms with Crippen molar-refractivity contribution < 1.29 is 9.47 Å². The SMILES string of the molecule is CC(C)c1ncnc2c3c(ccc12)OCO3. The Hall–Kier alpha value is -1.84. The molecule has 0 spiro atoms. The molecule has 1 aliphatic rings. The van der Waals surface area contributed by atoms with Gasteiger partial charge in [0.2, 0.25) is 6.79 Å². The largest absolute Gasteiger partial charge is 0.454 e. The van der Waals surface area contributed by atoms with E-state index < -0.39 is 0 Å². The van der Waals surface area contributed by atoms with Crippen molar-refractivity contribution in [1.82, 2.24) is 9.97 Å². The molecule has 3 rings (SSSR count). The molecule has 0 atom stereocenters. The molecule has 0 radical (unpaired) electrons. The highest BCUT2D eigenvalue weighted by Gasteiger charge is 2.19. The number of hydrogen-bond acceptors (Lipinski definition) is 4. The number of rotatable bonds is 1. The highest BCUT2D eigenvalue weighted by atomic mass is 16.7. The Morgan fingerprint density at radius 2 is 2.06 bits per heavy atom. The van der Waals surface area contributed by atoms with E-state index in [1.165, 1.54) is 0 Å². The number of hydrogen-bond donors (Lipinski definition) is 0. The van der Waals surface area contributed by atoms with Crippen molar-refractivity contribution in [3.05, 3.63) is 24.2 Å². The lowest BCUT2D eigenvalue weighted by Crippen LogP contribution is -1.96. The van der Waals surface area contributed by atoms with E-state index in [1.54, 1.807) is 6.33 Å². The average Bonchev–Trinajstić information content (AvgIpc) is 2.76. The van der Waals surface area contributed by atoms with Crippen LogP contribution < -0.4 is 9.47 Å². The highest BCUT2D eigenvalue weighted by molar-refractivity contribution is 5.89. The van der Waals surface area contributed by atoms with Gasteiger partial charge < -0.3 is 9.47 Å². The number of benzene rings is 1. The molecule has 0 N–H and O–H groups in total. The predicted octanol–water partition coefficient (Wildman–Crippen LogP) is 2.48. The van der Waals surface area contributed by atoms with Crippen molar-refractivity contribution in [2.75, 3.05) is 6.79 Å². The maximum Gasteiger partial charge on any atom is 0.231 e. The van der Waals surface area contributed by atoms with Crippen molar-refractivity contribution in [3.8, 4) is 11.5 Å². The topological polar surface area (TPSA) is 44.2 Å². The van der Waals surface area contributed by atoms with Gasteiger partial charge in [0.05, 0.1) is 5.69 Å². The predicted molar refractivity (Wildman–Crippen MR) is 59.8 cm³/mol. The summed E-state index contributed by atoms with van der Waals surface area (Å²) in [4.78, 5) is 8.60. The Morgan fingerprint density at radius 3 is 2.88 bits per heavy atom. The molecule has 1 aromatic carbocycles. The Morgan fingerprint density at radius 1 is 1.19 bits per heavy atom. The molecular formula is C12H12N2O2. The van der Waals surface area contributed by atoms with Gasteiger partial charge in [-0.1, -0.05) is 13.8 Å². The zero-order valence-corrected chi connectivity index (χ0v) is 9.23. The van der Waals surface area contributed by atoms with Crippen LogP contribution in [0.15, 0.2) is 18.5 Å². The van der Waals surface area contributed by atoms with Gasteiger partial charge in [0.15, 0.2) is 11.5 Å². The minimum absolute atomic E-state index is 0.273. The fourth-order valence-corrected chi connectivity index (χ4v) is 1.97. The first-order valence-corrected chi connectivity index (χ1v) is 5.30. The standard InChI is InChI=1S/C12H12N2O2/c1-7(2)10-8-3-4-9-12(16-6-15-9)11(8)14-5-13-10/h3-5,7H,6H2,1-2H3. The number of fused-ring (bicyclic) bond motifs is 3. The molecule has 82 valence electrons. The third-order valence-corrected chi connectivity index (χ3v) is 2.72. The summed E-state index contributed by atoms with van der Waals surface area (Å²) in [6, 6.07) is 3.91. The molecule has 1 aliphatic heterocycles. The fourth-order valence-electron chi connectivity index (χ4n) is 1.97. The molecule has 1 aromatic heterocycles. The lowest BCUT2D eigenvalue weighted by Gasteiger charge is -2.08. The Bertz CT molecular complexity index is 552. The highest BCUT2D eigenvalue weighted by Crippen LogP contribution is 2.39. The monoisotopic (exact) mass is 216 g/mol. The number of nitrogens with zero attached hydrogens (tertiary/aromatic N) is 2. The number of ether oxygens (including phenoxy) is 2. The van der Waals surface area contributed by atoms with Crippen LogP contribution in [0.1, 0.15) is 25.5 Å². The summed E-state index contributed by atoms with van der Waals surface area (Å²) in [7, 11) is 0. The van der Waals surface area contributed by atoms with Crippen LogP contribution >= 0.6 is 0 Å². The molecule has 0 fully saturated rings. The van der Waals surface area contributed by atoms with Gasteiger partial charge >= 0.3 is 0 Å². The van der Waals surface area contributed by atoms with E-state index in [-0.39, 0.29) is 6.79 Å². The molecule has 0 saturated heterocycles. The van der Waals surface area contributed by atoms with Gasteiger partial charge in [-0.05, 0) is 18.1 Å². The van der Waals surface area contributed by atoms with E-state index in [0.717, 1.165) is 28.1 Å². The third-order valence-electron chi connectivity index (χ3n) is 2.72. The van der Waals surface area contributed by atoms with Crippen LogP contribution in [0.2, 0.25) is 0 Å². The quantitative estimate of drug-likeness (QED) is 0.734. The van der Waals surface area contributed by atoms with Crippen molar-refractivity contribution >= 4 is 10.9 Å². The van der Waals surface area contributed by atoms with Crippen LogP contribution in [-0.4, -0.2) is 16.8 Å². The minimum Gasteiger partial charge on any atom is -0.454 e. The van der Waals surface area contributed by atoms with E-state index in [2.05, 4.69) is 23.8 Å². The third kappa shape index (κ3) is 1.23. The van der Waals surface area contributed by atoms with Gasteiger partial charge in [-0.25, -0.2) is 9.97 Å². The molecule has 0 amide bonds. The van der Waals surface area contributed by atoms with E-state index in [1.807, 2.05) is 12.1 Å². The van der Waals surface area contributed by atoms with Crippen LogP contribution in [-0.2, 0) is 0 Å². The molecule has 0 aliphatic carbocycles. The molecule has 16 heavy (non-hydrogen) atoms. The first kappa shape index (κ1) is 9.39. The van der Waals surface area contributed by atoms with Crippen LogP contribution in [0.4, 0.5) is 0 Å². The fraction of sp³-hybridized carbons (Fsp3) is 0.333. The van der Waals surface area contributed by atoms with E-state index in [0.29, 0.717) is 5.92 Å². The Labute approximate surface area is 93.2 Å². The molecule has 0 saturated carbocycles. The van der Waals surface area contributed by atoms with Crippen molar-refractivity contribution in [2.45, 2.75) is 19.8 Å². The molecular weight excluding hydrogens is 204 g/mol.